The molecule has 1 heterocycles. The summed E-state index contributed by atoms with van der Waals surface area (Å²) in [6.07, 6.45) is 6.42. The molecule has 1 saturated heterocycles. The first-order chi connectivity index (χ1) is 8.88. The molecule has 0 aliphatic carbocycles. The maximum atomic E-state index is 5.76. The molecule has 1 aromatic rings. The molecule has 1 fully saturated rings. The highest BCUT2D eigenvalue weighted by atomic mass is 16.5. The van der Waals surface area contributed by atoms with E-state index < -0.39 is 0 Å². The quantitative estimate of drug-likeness (QED) is 0.730. The molecule has 1 aliphatic rings. The zero-order valence-electron chi connectivity index (χ0n) is 11.6. The topological polar surface area (TPSA) is 13.7 Å². The first kappa shape index (κ1) is 13.4. The third-order valence-corrected chi connectivity index (χ3v) is 3.84. The second kappa shape index (κ2) is 7.42. The van der Waals surface area contributed by atoms with Crippen LogP contribution in [0.5, 0.6) is 5.75 Å². The van der Waals surface area contributed by atoms with Crippen molar-refractivity contribution < 1.29 is 9.64 Å². The summed E-state index contributed by atoms with van der Waals surface area (Å²) in [6, 6.07) is 8.49. The van der Waals surface area contributed by atoms with Crippen LogP contribution in [0.25, 0.3) is 0 Å². The van der Waals surface area contributed by atoms with Crippen LogP contribution in [-0.2, 0) is 6.42 Å². The fourth-order valence-corrected chi connectivity index (χ4v) is 2.61. The molecule has 0 aromatic heterocycles. The highest BCUT2D eigenvalue weighted by Crippen LogP contribution is 2.12. The second-order valence-electron chi connectivity index (χ2n) is 5.26. The molecule has 0 saturated carbocycles. The van der Waals surface area contributed by atoms with E-state index in [1.54, 1.807) is 4.90 Å². The van der Waals surface area contributed by atoms with Crippen molar-refractivity contribution in [1.82, 2.24) is 0 Å². The number of aryl methyl sites for hydroxylation is 1. The second-order valence-corrected chi connectivity index (χ2v) is 5.26. The number of nitrogens with one attached hydrogen (secondary N) is 1. The average Bonchev–Trinajstić information content (AvgIpc) is 2.92. The maximum Gasteiger partial charge on any atom is 0.119 e. The van der Waals surface area contributed by atoms with Gasteiger partial charge in [-0.1, -0.05) is 19.1 Å². The molecular formula is C16H26NO+. The minimum Gasteiger partial charge on any atom is -0.494 e. The number of likely N-dealkylation sites (tertiary alicyclic amines) is 1. The van der Waals surface area contributed by atoms with E-state index in [-0.39, 0.29) is 0 Å². The van der Waals surface area contributed by atoms with E-state index in [0.717, 1.165) is 18.8 Å². The lowest BCUT2D eigenvalue weighted by molar-refractivity contribution is -0.887. The SMILES string of the molecule is CCc1ccc(OCCCC[NH+]2CCCC2)cc1. The van der Waals surface area contributed by atoms with Crippen LogP contribution in [0.2, 0.25) is 0 Å². The van der Waals surface area contributed by atoms with Crippen molar-refractivity contribution >= 4 is 0 Å². The number of rotatable bonds is 7. The minimum atomic E-state index is 0.860. The Morgan fingerprint density at radius 3 is 2.44 bits per heavy atom. The smallest absolute Gasteiger partial charge is 0.119 e. The van der Waals surface area contributed by atoms with Gasteiger partial charge >= 0.3 is 0 Å². The number of unbranched alkanes of at least 4 members (excludes halogenated alkanes) is 1. The molecule has 0 amide bonds. The van der Waals surface area contributed by atoms with Gasteiger partial charge in [-0.2, -0.15) is 0 Å². The van der Waals surface area contributed by atoms with Gasteiger partial charge in [0.2, 0.25) is 0 Å². The van der Waals surface area contributed by atoms with Gasteiger partial charge in [-0.15, -0.1) is 0 Å². The average molecular weight is 248 g/mol. The van der Waals surface area contributed by atoms with Crippen molar-refractivity contribution in [1.29, 1.82) is 0 Å². The summed E-state index contributed by atoms with van der Waals surface area (Å²) in [7, 11) is 0. The van der Waals surface area contributed by atoms with Gasteiger partial charge in [0.05, 0.1) is 26.2 Å². The molecule has 1 aromatic carbocycles. The highest BCUT2D eigenvalue weighted by Gasteiger charge is 2.13. The first-order valence-corrected chi connectivity index (χ1v) is 7.44. The Bertz CT molecular complexity index is 327. The summed E-state index contributed by atoms with van der Waals surface area (Å²) >= 11 is 0. The molecule has 0 atom stereocenters. The van der Waals surface area contributed by atoms with E-state index in [1.165, 1.54) is 50.9 Å². The Kier molecular flexibility index (Phi) is 5.53. The van der Waals surface area contributed by atoms with Crippen LogP contribution < -0.4 is 9.64 Å². The van der Waals surface area contributed by atoms with Crippen molar-refractivity contribution in [3.63, 3.8) is 0 Å². The fraction of sp³-hybridized carbons (Fsp3) is 0.625. The van der Waals surface area contributed by atoms with Crippen molar-refractivity contribution in [2.45, 2.75) is 39.0 Å². The Labute approximate surface area is 111 Å². The standard InChI is InChI=1S/C16H25NO/c1-2-15-7-9-16(10-8-15)18-14-6-5-13-17-11-3-4-12-17/h7-10H,2-6,11-14H2,1H3/p+1. The van der Waals surface area contributed by atoms with Gasteiger partial charge in [-0.25, -0.2) is 0 Å². The maximum absolute atomic E-state index is 5.76. The van der Waals surface area contributed by atoms with Gasteiger partial charge in [0.15, 0.2) is 0 Å². The van der Waals surface area contributed by atoms with E-state index in [9.17, 15) is 0 Å². The summed E-state index contributed by atoms with van der Waals surface area (Å²) in [5, 5.41) is 0. The molecule has 2 nitrogen and oxygen atoms in total. The third-order valence-electron chi connectivity index (χ3n) is 3.84. The molecule has 0 bridgehead atoms. The van der Waals surface area contributed by atoms with Crippen molar-refractivity contribution in [2.24, 2.45) is 0 Å². The molecule has 0 radical (unpaired) electrons. The molecular weight excluding hydrogens is 222 g/mol. The largest absolute Gasteiger partial charge is 0.494 e. The monoisotopic (exact) mass is 248 g/mol. The normalized spacial score (nSPS) is 16.1. The van der Waals surface area contributed by atoms with Crippen molar-refractivity contribution in [3.8, 4) is 5.75 Å². The third kappa shape index (κ3) is 4.34. The molecule has 2 rings (SSSR count). The van der Waals surface area contributed by atoms with Gasteiger partial charge in [0.1, 0.15) is 5.75 Å². The first-order valence-electron chi connectivity index (χ1n) is 7.44. The molecule has 18 heavy (non-hydrogen) atoms. The fourth-order valence-electron chi connectivity index (χ4n) is 2.61. The number of hydrogen-bond acceptors (Lipinski definition) is 1. The summed E-state index contributed by atoms with van der Waals surface area (Å²) in [6.45, 7) is 7.14. The zero-order chi connectivity index (χ0) is 12.6. The lowest BCUT2D eigenvalue weighted by Gasteiger charge is -2.12. The highest BCUT2D eigenvalue weighted by molar-refractivity contribution is 5.27. The Balaban J connectivity index is 1.56. The Morgan fingerprint density at radius 2 is 1.78 bits per heavy atom. The van der Waals surface area contributed by atoms with Gasteiger partial charge in [0, 0.05) is 12.8 Å². The Hall–Kier alpha value is -1.02. The number of quaternary nitrogens is 1. The van der Waals surface area contributed by atoms with Crippen LogP contribution in [-0.4, -0.2) is 26.2 Å². The lowest BCUT2D eigenvalue weighted by atomic mass is 10.2. The van der Waals surface area contributed by atoms with Crippen LogP contribution in [0, 0.1) is 0 Å². The summed E-state index contributed by atoms with van der Waals surface area (Å²) < 4.78 is 5.76. The van der Waals surface area contributed by atoms with Gasteiger partial charge in [0.25, 0.3) is 0 Å². The predicted octanol–water partition coefficient (Wildman–Crippen LogP) is 2.09. The van der Waals surface area contributed by atoms with E-state index in [2.05, 4.69) is 31.2 Å². The van der Waals surface area contributed by atoms with Gasteiger partial charge < -0.3 is 9.64 Å². The molecule has 0 unspecified atom stereocenters. The van der Waals surface area contributed by atoms with E-state index >= 15 is 0 Å². The summed E-state index contributed by atoms with van der Waals surface area (Å²) in [5.74, 6) is 1.01. The van der Waals surface area contributed by atoms with Crippen molar-refractivity contribution in [2.75, 3.05) is 26.2 Å². The number of hydrogen-bond donors (Lipinski definition) is 1. The molecule has 2 heteroatoms. The minimum absolute atomic E-state index is 0.860. The van der Waals surface area contributed by atoms with Crippen LogP contribution >= 0.6 is 0 Å². The molecule has 0 spiro atoms. The van der Waals surface area contributed by atoms with Crippen LogP contribution in [0.1, 0.15) is 38.2 Å². The van der Waals surface area contributed by atoms with Crippen molar-refractivity contribution in [3.05, 3.63) is 29.8 Å². The summed E-state index contributed by atoms with van der Waals surface area (Å²) in [5.41, 5.74) is 1.37. The predicted molar refractivity (Wildman–Crippen MR) is 75.3 cm³/mol. The van der Waals surface area contributed by atoms with Crippen LogP contribution in [0.4, 0.5) is 0 Å². The zero-order valence-corrected chi connectivity index (χ0v) is 11.6. The van der Waals surface area contributed by atoms with Crippen LogP contribution in [0.3, 0.4) is 0 Å². The van der Waals surface area contributed by atoms with Crippen LogP contribution in [0.15, 0.2) is 24.3 Å². The lowest BCUT2D eigenvalue weighted by Crippen LogP contribution is -3.09. The van der Waals surface area contributed by atoms with E-state index in [4.69, 9.17) is 4.74 Å². The Morgan fingerprint density at radius 1 is 1.06 bits per heavy atom. The number of benzene rings is 1. The van der Waals surface area contributed by atoms with Gasteiger partial charge in [-0.05, 0) is 37.0 Å². The van der Waals surface area contributed by atoms with Gasteiger partial charge in [-0.3, -0.25) is 0 Å². The van der Waals surface area contributed by atoms with E-state index in [1.807, 2.05) is 0 Å². The van der Waals surface area contributed by atoms with E-state index in [0.29, 0.717) is 0 Å². The molecule has 1 aliphatic heterocycles. The number of ether oxygens (including phenoxy) is 1. The summed E-state index contributed by atoms with van der Waals surface area (Å²) in [4.78, 5) is 1.79. The molecule has 100 valence electrons. The molecule has 1 N–H and O–H groups in total.